The lowest BCUT2D eigenvalue weighted by Gasteiger charge is -2.37. The quantitative estimate of drug-likeness (QED) is 0.521. The number of benzene rings is 2. The van der Waals surface area contributed by atoms with Crippen LogP contribution in [0, 0.1) is 23.7 Å². The van der Waals surface area contributed by atoms with Gasteiger partial charge < -0.3 is 19.7 Å². The average Bonchev–Trinajstić information content (AvgIpc) is 2.79. The molecule has 1 aliphatic rings. The molecule has 2 aromatic carbocycles. The highest BCUT2D eigenvalue weighted by atomic mass is 16.4. The Balaban J connectivity index is 1.75. The smallest absolute Gasteiger partial charge is 0.337 e. The van der Waals surface area contributed by atoms with Gasteiger partial charge in [0.2, 0.25) is 0 Å². The first kappa shape index (κ1) is 23.4. The molecule has 2 N–H and O–H groups in total. The molecular weight excluding hydrogens is 430 g/mol. The van der Waals surface area contributed by atoms with Gasteiger partial charge in [-0.2, -0.15) is 5.26 Å². The van der Waals surface area contributed by atoms with Gasteiger partial charge in [0.25, 0.3) is 0 Å². The van der Waals surface area contributed by atoms with Gasteiger partial charge in [-0.05, 0) is 61.9 Å². The van der Waals surface area contributed by atoms with E-state index in [9.17, 15) is 14.7 Å². The average molecular weight is 460 g/mol. The second-order valence-corrected chi connectivity index (χ2v) is 9.87. The minimum absolute atomic E-state index is 0.0148. The summed E-state index contributed by atoms with van der Waals surface area (Å²) in [7, 11) is 0. The van der Waals surface area contributed by atoms with Gasteiger partial charge in [0.15, 0.2) is 11.3 Å². The zero-order valence-corrected chi connectivity index (χ0v) is 19.9. The van der Waals surface area contributed by atoms with Crippen LogP contribution < -0.4 is 15.6 Å². The molecule has 2 heterocycles. The van der Waals surface area contributed by atoms with Crippen molar-refractivity contribution in [1.82, 2.24) is 0 Å². The molecule has 1 saturated heterocycles. The van der Waals surface area contributed by atoms with Gasteiger partial charge in [-0.15, -0.1) is 0 Å². The fraction of sp³-hybridized carbons (Fsp3) is 0.370. The van der Waals surface area contributed by atoms with Crippen molar-refractivity contribution in [2.24, 2.45) is 5.41 Å². The molecule has 0 aliphatic carbocycles. The maximum atomic E-state index is 13.1. The number of piperidine rings is 1. The van der Waals surface area contributed by atoms with Gasteiger partial charge >= 0.3 is 5.97 Å². The predicted octanol–water partition coefficient (Wildman–Crippen LogP) is 5.47. The molecule has 0 bridgehead atoms. The van der Waals surface area contributed by atoms with E-state index in [-0.39, 0.29) is 28.0 Å². The van der Waals surface area contributed by atoms with Gasteiger partial charge in [-0.25, -0.2) is 4.79 Å². The summed E-state index contributed by atoms with van der Waals surface area (Å²) in [5.74, 6) is -0.558. The van der Waals surface area contributed by atoms with E-state index in [1.807, 2.05) is 32.0 Å². The number of nitrogens with zero attached hydrogens (tertiary/aromatic N) is 2. The van der Waals surface area contributed by atoms with Crippen molar-refractivity contribution in [3.63, 3.8) is 0 Å². The first-order valence-corrected chi connectivity index (χ1v) is 11.5. The molecular formula is C27H29N3O4. The van der Waals surface area contributed by atoms with Crippen molar-refractivity contribution in [1.29, 1.82) is 5.26 Å². The zero-order chi connectivity index (χ0) is 24.6. The third-order valence-corrected chi connectivity index (χ3v) is 6.63. The lowest BCUT2D eigenvalue weighted by Crippen LogP contribution is -2.37. The predicted molar refractivity (Wildman–Crippen MR) is 133 cm³/mol. The first-order chi connectivity index (χ1) is 16.1. The SMILES string of the molecule is Cc1cc([C@@H](C)Nc2ccc(C#N)cc2C(=O)O)c2oc(N3CCC(C)(C)CC3)cc(=O)c2c1. The molecule has 0 spiro atoms. The first-order valence-electron chi connectivity index (χ1n) is 11.5. The van der Waals surface area contributed by atoms with E-state index in [2.05, 4.69) is 24.1 Å². The van der Waals surface area contributed by atoms with E-state index in [4.69, 9.17) is 9.68 Å². The normalized spacial score (nSPS) is 16.1. The van der Waals surface area contributed by atoms with Crippen LogP contribution in [0.2, 0.25) is 0 Å². The van der Waals surface area contributed by atoms with Crippen LogP contribution in [0.3, 0.4) is 0 Å². The van der Waals surface area contributed by atoms with Gasteiger partial charge in [-0.3, -0.25) is 4.79 Å². The number of fused-ring (bicyclic) bond motifs is 1. The topological polar surface area (TPSA) is 107 Å². The number of nitrogens with one attached hydrogen (secondary N) is 1. The van der Waals surface area contributed by atoms with Crippen molar-refractivity contribution < 1.29 is 14.3 Å². The zero-order valence-electron chi connectivity index (χ0n) is 19.9. The van der Waals surface area contributed by atoms with Gasteiger partial charge in [0, 0.05) is 30.4 Å². The number of carbonyl (C=O) groups is 1. The van der Waals surface area contributed by atoms with E-state index in [0.717, 1.165) is 37.1 Å². The maximum absolute atomic E-state index is 13.1. The van der Waals surface area contributed by atoms with Crippen molar-refractivity contribution >= 4 is 28.5 Å². The largest absolute Gasteiger partial charge is 0.478 e. The second kappa shape index (κ2) is 8.86. The van der Waals surface area contributed by atoms with Crippen LogP contribution in [-0.4, -0.2) is 24.2 Å². The minimum atomic E-state index is -1.12. The summed E-state index contributed by atoms with van der Waals surface area (Å²) < 4.78 is 6.34. The molecule has 1 fully saturated rings. The van der Waals surface area contributed by atoms with Gasteiger partial charge in [0.05, 0.1) is 28.6 Å². The van der Waals surface area contributed by atoms with Crippen LogP contribution in [0.15, 0.2) is 45.6 Å². The number of hydrogen-bond donors (Lipinski definition) is 2. The number of carboxylic acids is 1. The Bertz CT molecular complexity index is 1360. The number of nitriles is 1. The molecule has 4 rings (SSSR count). The molecule has 0 unspecified atom stereocenters. The van der Waals surface area contributed by atoms with Crippen LogP contribution in [0.1, 0.15) is 66.7 Å². The number of rotatable bonds is 5. The number of anilines is 2. The molecule has 7 nitrogen and oxygen atoms in total. The molecule has 1 aromatic heterocycles. The molecule has 34 heavy (non-hydrogen) atoms. The fourth-order valence-corrected chi connectivity index (χ4v) is 4.46. The lowest BCUT2D eigenvalue weighted by molar-refractivity contribution is 0.0698. The van der Waals surface area contributed by atoms with Gasteiger partial charge in [-0.1, -0.05) is 19.9 Å². The van der Waals surface area contributed by atoms with Crippen molar-refractivity contribution in [2.75, 3.05) is 23.3 Å². The molecule has 0 amide bonds. The van der Waals surface area contributed by atoms with E-state index in [1.54, 1.807) is 18.2 Å². The Kier molecular flexibility index (Phi) is 6.09. The van der Waals surface area contributed by atoms with E-state index in [0.29, 0.717) is 22.5 Å². The second-order valence-electron chi connectivity index (χ2n) is 9.87. The Labute approximate surface area is 198 Å². The fourth-order valence-electron chi connectivity index (χ4n) is 4.46. The van der Waals surface area contributed by atoms with Crippen LogP contribution in [0.4, 0.5) is 11.6 Å². The number of hydrogen-bond acceptors (Lipinski definition) is 6. The Morgan fingerprint density at radius 2 is 1.91 bits per heavy atom. The third kappa shape index (κ3) is 4.62. The molecule has 0 radical (unpaired) electrons. The van der Waals surface area contributed by atoms with Crippen molar-refractivity contribution in [2.45, 2.75) is 46.6 Å². The van der Waals surface area contributed by atoms with E-state index in [1.165, 1.54) is 6.07 Å². The van der Waals surface area contributed by atoms with Crippen molar-refractivity contribution in [3.05, 3.63) is 68.9 Å². The number of aromatic carboxylic acids is 1. The van der Waals surface area contributed by atoms with Crippen LogP contribution in [-0.2, 0) is 0 Å². The molecule has 0 saturated carbocycles. The summed E-state index contributed by atoms with van der Waals surface area (Å²) >= 11 is 0. The van der Waals surface area contributed by atoms with Crippen molar-refractivity contribution in [3.8, 4) is 6.07 Å². The van der Waals surface area contributed by atoms with Crippen LogP contribution in [0.5, 0.6) is 0 Å². The molecule has 1 aliphatic heterocycles. The summed E-state index contributed by atoms with van der Waals surface area (Å²) in [6.07, 6.45) is 2.04. The number of aryl methyl sites for hydroxylation is 1. The summed E-state index contributed by atoms with van der Waals surface area (Å²) in [6, 6.07) is 11.5. The Morgan fingerprint density at radius 1 is 1.21 bits per heavy atom. The van der Waals surface area contributed by atoms with E-state index < -0.39 is 5.97 Å². The summed E-state index contributed by atoms with van der Waals surface area (Å²) in [5.41, 5.74) is 3.05. The molecule has 3 aromatic rings. The summed E-state index contributed by atoms with van der Waals surface area (Å²) in [5, 5.41) is 22.5. The monoisotopic (exact) mass is 459 g/mol. The Hall–Kier alpha value is -3.79. The number of carboxylic acid groups (broad SMARTS) is 1. The molecule has 7 heteroatoms. The highest BCUT2D eigenvalue weighted by Crippen LogP contribution is 2.34. The van der Waals surface area contributed by atoms with E-state index >= 15 is 0 Å². The molecule has 1 atom stereocenters. The maximum Gasteiger partial charge on any atom is 0.337 e. The summed E-state index contributed by atoms with van der Waals surface area (Å²) in [6.45, 7) is 9.97. The third-order valence-electron chi connectivity index (χ3n) is 6.63. The molecule has 176 valence electrons. The Morgan fingerprint density at radius 3 is 2.56 bits per heavy atom. The lowest BCUT2D eigenvalue weighted by atomic mass is 9.83. The van der Waals surface area contributed by atoms with Crippen LogP contribution in [0.25, 0.3) is 11.0 Å². The highest BCUT2D eigenvalue weighted by molar-refractivity contribution is 5.95. The minimum Gasteiger partial charge on any atom is -0.478 e. The highest BCUT2D eigenvalue weighted by Gasteiger charge is 2.27. The van der Waals surface area contributed by atoms with Gasteiger partial charge in [0.1, 0.15) is 5.58 Å². The summed E-state index contributed by atoms with van der Waals surface area (Å²) in [4.78, 5) is 26.9. The van der Waals surface area contributed by atoms with Crippen LogP contribution >= 0.6 is 0 Å². The standard InChI is InChI=1S/C27H29N3O4/c1-16-11-19(17(2)29-22-6-5-18(15-28)13-20(22)26(32)33)25-21(12-16)23(31)14-24(34-25)30-9-7-27(3,4)8-10-30/h5-6,11-14,17,29H,7-10H2,1-4H3,(H,32,33)/t17-/m1/s1.